The van der Waals surface area contributed by atoms with E-state index in [0.717, 1.165) is 49.9 Å². The Labute approximate surface area is 209 Å². The number of anilines is 3. The molecule has 0 saturated carbocycles. The molecule has 0 radical (unpaired) electrons. The molecule has 178 valence electrons. The van der Waals surface area contributed by atoms with E-state index in [1.807, 2.05) is 0 Å². The van der Waals surface area contributed by atoms with Crippen LogP contribution in [0.15, 0.2) is 65.1 Å². The second kappa shape index (κ2) is 11.1. The van der Waals surface area contributed by atoms with Gasteiger partial charge < -0.3 is 9.80 Å². The molecule has 1 saturated heterocycles. The highest BCUT2D eigenvalue weighted by atomic mass is 32.2. The zero-order valence-electron chi connectivity index (χ0n) is 21.1. The van der Waals surface area contributed by atoms with Gasteiger partial charge in [0.05, 0.1) is 5.69 Å². The highest BCUT2D eigenvalue weighted by Crippen LogP contribution is 2.35. The van der Waals surface area contributed by atoms with E-state index in [0.29, 0.717) is 5.92 Å². The predicted molar refractivity (Wildman–Crippen MR) is 148 cm³/mol. The smallest absolute Gasteiger partial charge is 0.232 e. The van der Waals surface area contributed by atoms with E-state index < -0.39 is 0 Å². The molecule has 3 aromatic rings. The minimum Gasteiger partial charge on any atom is -0.352 e. The highest BCUT2D eigenvalue weighted by Gasteiger charge is 2.20. The van der Waals surface area contributed by atoms with Crippen LogP contribution in [0, 0.1) is 6.92 Å². The van der Waals surface area contributed by atoms with Crippen LogP contribution < -0.4 is 9.80 Å². The average Bonchev–Trinajstić information content (AvgIpc) is 2.85. The van der Waals surface area contributed by atoms with Crippen LogP contribution in [0.4, 0.5) is 17.5 Å². The van der Waals surface area contributed by atoms with Crippen molar-refractivity contribution in [2.45, 2.75) is 51.3 Å². The predicted octanol–water partition coefficient (Wildman–Crippen LogP) is 7.47. The third-order valence-corrected chi connectivity index (χ3v) is 7.13. The van der Waals surface area contributed by atoms with Gasteiger partial charge in [0.1, 0.15) is 5.82 Å². The van der Waals surface area contributed by atoms with E-state index >= 15 is 0 Å². The molecule has 1 fully saturated rings. The number of piperidine rings is 1. The fourth-order valence-electron chi connectivity index (χ4n) is 4.51. The fourth-order valence-corrected chi connectivity index (χ4v) is 5.15. The summed E-state index contributed by atoms with van der Waals surface area (Å²) in [5.74, 6) is 2.31. The summed E-state index contributed by atoms with van der Waals surface area (Å²) in [6.45, 7) is 11.5. The van der Waals surface area contributed by atoms with Gasteiger partial charge in [-0.3, -0.25) is 0 Å². The minimum atomic E-state index is 0.508. The van der Waals surface area contributed by atoms with Crippen molar-refractivity contribution in [1.82, 2.24) is 9.97 Å². The number of hydrogen-bond acceptors (Lipinski definition) is 5. The van der Waals surface area contributed by atoms with Crippen molar-refractivity contribution in [1.29, 1.82) is 0 Å². The molecular weight excluding hydrogens is 436 g/mol. The van der Waals surface area contributed by atoms with Crippen LogP contribution in [-0.2, 0) is 0 Å². The summed E-state index contributed by atoms with van der Waals surface area (Å²) in [5, 5.41) is 0. The van der Waals surface area contributed by atoms with Crippen molar-refractivity contribution >= 4 is 35.3 Å². The number of rotatable bonds is 7. The maximum Gasteiger partial charge on any atom is 0.232 e. The lowest BCUT2D eigenvalue weighted by atomic mass is 10.0. The van der Waals surface area contributed by atoms with E-state index in [2.05, 4.69) is 104 Å². The molecule has 34 heavy (non-hydrogen) atoms. The van der Waals surface area contributed by atoms with Crippen molar-refractivity contribution < 1.29 is 0 Å². The fraction of sp³-hybridized carbons (Fsp3) is 0.379. The van der Waals surface area contributed by atoms with Gasteiger partial charge in [-0.05, 0) is 62.1 Å². The molecular formula is C29H36N4S. The molecule has 1 aliphatic rings. The topological polar surface area (TPSA) is 32.3 Å². The Hall–Kier alpha value is -2.79. The summed E-state index contributed by atoms with van der Waals surface area (Å²) in [5.41, 5.74) is 6.27. The highest BCUT2D eigenvalue weighted by molar-refractivity contribution is 7.98. The van der Waals surface area contributed by atoms with Gasteiger partial charge in [0.15, 0.2) is 0 Å². The van der Waals surface area contributed by atoms with Crippen LogP contribution in [0.3, 0.4) is 0 Å². The van der Waals surface area contributed by atoms with Gasteiger partial charge >= 0.3 is 0 Å². The van der Waals surface area contributed by atoms with Gasteiger partial charge in [-0.15, -0.1) is 11.8 Å². The van der Waals surface area contributed by atoms with Gasteiger partial charge in [0.25, 0.3) is 0 Å². The molecule has 5 heteroatoms. The molecule has 4 rings (SSSR count). The molecule has 0 bridgehead atoms. The summed E-state index contributed by atoms with van der Waals surface area (Å²) in [6.07, 6.45) is 6.76. The summed E-state index contributed by atoms with van der Waals surface area (Å²) in [6, 6.07) is 19.5. The molecule has 1 aromatic heterocycles. The number of thioether (sulfide) groups is 1. The van der Waals surface area contributed by atoms with Gasteiger partial charge in [-0.2, -0.15) is 4.98 Å². The lowest BCUT2D eigenvalue weighted by Gasteiger charge is -2.31. The van der Waals surface area contributed by atoms with Gasteiger partial charge in [0.2, 0.25) is 5.95 Å². The molecule has 2 heterocycles. The maximum absolute atomic E-state index is 5.08. The Morgan fingerprint density at radius 2 is 1.88 bits per heavy atom. The first kappa shape index (κ1) is 24.3. The molecule has 0 spiro atoms. The monoisotopic (exact) mass is 472 g/mol. The largest absolute Gasteiger partial charge is 0.352 e. The van der Waals surface area contributed by atoms with E-state index in [4.69, 9.17) is 9.97 Å². The Morgan fingerprint density at radius 1 is 1.09 bits per heavy atom. The second-order valence-electron chi connectivity index (χ2n) is 9.24. The molecule has 0 amide bonds. The van der Waals surface area contributed by atoms with Crippen molar-refractivity contribution in [3.05, 3.63) is 77.0 Å². The van der Waals surface area contributed by atoms with E-state index in [1.165, 1.54) is 27.3 Å². The first-order chi connectivity index (χ1) is 16.5. The standard InChI is InChI=1S/C29H36N4S/c1-6-33(26-15-14-25(21(2)3)19-27(26)34-5)29-30-22(4)17-28(31-29)32-16-10-13-24(20-32)18-23-11-8-7-9-12-23/h7-9,11-12,14-15,17-19,21H,6,10,13,16,20H2,1-5H3/b24-18+. The van der Waals surface area contributed by atoms with E-state index in [9.17, 15) is 0 Å². The molecule has 2 aromatic carbocycles. The van der Waals surface area contributed by atoms with Crippen molar-refractivity contribution in [2.24, 2.45) is 0 Å². The summed E-state index contributed by atoms with van der Waals surface area (Å²) in [4.78, 5) is 15.9. The van der Waals surface area contributed by atoms with Gasteiger partial charge in [0, 0.05) is 36.3 Å². The number of nitrogens with zero attached hydrogens (tertiary/aromatic N) is 4. The Bertz CT molecular complexity index is 1140. The second-order valence-corrected chi connectivity index (χ2v) is 10.1. The first-order valence-electron chi connectivity index (χ1n) is 12.3. The van der Waals surface area contributed by atoms with E-state index in [1.54, 1.807) is 11.8 Å². The normalized spacial score (nSPS) is 15.2. The van der Waals surface area contributed by atoms with Crippen molar-refractivity contribution in [3.63, 3.8) is 0 Å². The molecule has 1 aliphatic heterocycles. The minimum absolute atomic E-state index is 0.508. The van der Waals surface area contributed by atoms with Crippen LogP contribution in [0.1, 0.15) is 56.4 Å². The third kappa shape index (κ3) is 5.64. The third-order valence-electron chi connectivity index (χ3n) is 6.36. The van der Waals surface area contributed by atoms with E-state index in [-0.39, 0.29) is 0 Å². The first-order valence-corrected chi connectivity index (χ1v) is 13.5. The number of aryl methyl sites for hydroxylation is 1. The van der Waals surface area contributed by atoms with Gasteiger partial charge in [-0.1, -0.05) is 61.9 Å². The number of benzene rings is 2. The SMILES string of the molecule is CCN(c1nc(C)cc(N2CCC/C(=C\c3ccccc3)C2)n1)c1ccc(C(C)C)cc1SC. The van der Waals surface area contributed by atoms with Crippen molar-refractivity contribution in [3.8, 4) is 0 Å². The number of aromatic nitrogens is 2. The zero-order chi connectivity index (χ0) is 24.1. The van der Waals surface area contributed by atoms with Crippen LogP contribution in [-0.4, -0.2) is 35.9 Å². The van der Waals surface area contributed by atoms with Crippen LogP contribution in [0.2, 0.25) is 0 Å². The molecule has 0 unspecified atom stereocenters. The Morgan fingerprint density at radius 3 is 2.59 bits per heavy atom. The number of hydrogen-bond donors (Lipinski definition) is 0. The maximum atomic E-state index is 5.08. The summed E-state index contributed by atoms with van der Waals surface area (Å²) >= 11 is 1.79. The van der Waals surface area contributed by atoms with Crippen LogP contribution >= 0.6 is 11.8 Å². The molecule has 0 N–H and O–H groups in total. The lowest BCUT2D eigenvalue weighted by molar-refractivity contribution is 0.672. The molecule has 0 aliphatic carbocycles. The molecule has 0 atom stereocenters. The van der Waals surface area contributed by atoms with Crippen LogP contribution in [0.25, 0.3) is 6.08 Å². The Kier molecular flexibility index (Phi) is 7.94. The lowest BCUT2D eigenvalue weighted by Crippen LogP contribution is -2.32. The van der Waals surface area contributed by atoms with Gasteiger partial charge in [-0.25, -0.2) is 4.98 Å². The van der Waals surface area contributed by atoms with Crippen molar-refractivity contribution in [2.75, 3.05) is 35.7 Å². The molecule has 4 nitrogen and oxygen atoms in total. The average molecular weight is 473 g/mol. The zero-order valence-corrected chi connectivity index (χ0v) is 21.9. The summed E-state index contributed by atoms with van der Waals surface area (Å²) in [7, 11) is 0. The Balaban J connectivity index is 1.64. The quantitative estimate of drug-likeness (QED) is 0.333. The van der Waals surface area contributed by atoms with Crippen LogP contribution in [0.5, 0.6) is 0 Å². The summed E-state index contributed by atoms with van der Waals surface area (Å²) < 4.78 is 0.